The first-order valence-electron chi connectivity index (χ1n) is 9.27. The molecule has 0 amide bonds. The minimum absolute atomic E-state index is 0. The molecule has 0 spiro atoms. The van der Waals surface area contributed by atoms with E-state index in [-0.39, 0.29) is 24.0 Å². The van der Waals surface area contributed by atoms with Crippen molar-refractivity contribution in [3.05, 3.63) is 42.5 Å². The zero-order valence-electron chi connectivity index (χ0n) is 15.7. The molecule has 6 nitrogen and oxygen atoms in total. The second-order valence-electron chi connectivity index (χ2n) is 6.90. The van der Waals surface area contributed by atoms with Crippen molar-refractivity contribution < 1.29 is 8.42 Å². The average molecular weight is 504 g/mol. The van der Waals surface area contributed by atoms with E-state index in [1.54, 1.807) is 35.6 Å². The molecule has 1 heterocycles. The Hall–Kier alpha value is -1.13. The van der Waals surface area contributed by atoms with Crippen molar-refractivity contribution in [2.75, 3.05) is 26.7 Å². The van der Waals surface area contributed by atoms with Gasteiger partial charge in [-0.25, -0.2) is 8.42 Å². The molecule has 1 aromatic rings. The van der Waals surface area contributed by atoms with Crippen molar-refractivity contribution in [3.63, 3.8) is 0 Å². The number of aliphatic imine (C=N–C) groups is 1. The van der Waals surface area contributed by atoms with Crippen molar-refractivity contribution in [1.82, 2.24) is 14.9 Å². The van der Waals surface area contributed by atoms with Crippen LogP contribution in [0.2, 0.25) is 0 Å². The Morgan fingerprint density at radius 1 is 1.15 bits per heavy atom. The van der Waals surface area contributed by atoms with Gasteiger partial charge in [-0.15, -0.1) is 24.0 Å². The van der Waals surface area contributed by atoms with Crippen LogP contribution >= 0.6 is 24.0 Å². The number of sulfonamides is 1. The first-order valence-corrected chi connectivity index (χ1v) is 10.7. The maximum absolute atomic E-state index is 12.7. The molecule has 150 valence electrons. The molecular formula is C19H29IN4O2S. The predicted molar refractivity (Wildman–Crippen MR) is 120 cm³/mol. The maximum Gasteiger partial charge on any atom is 0.243 e. The molecular weight excluding hydrogens is 475 g/mol. The first kappa shape index (κ1) is 22.2. The number of piperidine rings is 1. The topological polar surface area (TPSA) is 73.8 Å². The number of nitrogens with one attached hydrogen (secondary N) is 2. The number of nitrogens with zero attached hydrogens (tertiary/aromatic N) is 2. The van der Waals surface area contributed by atoms with Crippen LogP contribution in [0.1, 0.15) is 25.7 Å². The lowest BCUT2D eigenvalue weighted by atomic mass is 9.98. The molecule has 0 radical (unpaired) electrons. The van der Waals surface area contributed by atoms with E-state index < -0.39 is 10.0 Å². The van der Waals surface area contributed by atoms with Crippen molar-refractivity contribution >= 4 is 40.0 Å². The monoisotopic (exact) mass is 504 g/mol. The maximum atomic E-state index is 12.7. The Labute approximate surface area is 179 Å². The van der Waals surface area contributed by atoms with E-state index in [0.29, 0.717) is 29.9 Å². The molecule has 27 heavy (non-hydrogen) atoms. The Balaban J connectivity index is 0.00000261. The van der Waals surface area contributed by atoms with Gasteiger partial charge >= 0.3 is 0 Å². The van der Waals surface area contributed by atoms with Crippen LogP contribution < -0.4 is 10.6 Å². The number of hydrogen-bond donors (Lipinski definition) is 2. The van der Waals surface area contributed by atoms with Crippen LogP contribution in [0, 0.1) is 5.92 Å². The molecule has 8 heteroatoms. The molecule has 1 aromatic carbocycles. The fraction of sp³-hybridized carbons (Fsp3) is 0.526. The van der Waals surface area contributed by atoms with E-state index in [1.165, 1.54) is 0 Å². The molecule has 2 aliphatic rings. The number of hydrogen-bond acceptors (Lipinski definition) is 3. The number of rotatable bonds is 5. The van der Waals surface area contributed by atoms with Gasteiger partial charge in [0.25, 0.3) is 0 Å². The minimum atomic E-state index is -3.37. The summed E-state index contributed by atoms with van der Waals surface area (Å²) in [6.07, 6.45) is 8.18. The summed E-state index contributed by atoms with van der Waals surface area (Å²) in [5, 5.41) is 6.82. The van der Waals surface area contributed by atoms with Crippen molar-refractivity contribution in [1.29, 1.82) is 0 Å². The van der Waals surface area contributed by atoms with Crippen LogP contribution in [0.3, 0.4) is 0 Å². The average Bonchev–Trinajstić information content (AvgIpc) is 3.19. The summed E-state index contributed by atoms with van der Waals surface area (Å²) in [6.45, 7) is 1.96. The van der Waals surface area contributed by atoms with Crippen LogP contribution in [0.5, 0.6) is 0 Å². The van der Waals surface area contributed by atoms with Gasteiger partial charge in [0.15, 0.2) is 5.96 Å². The highest BCUT2D eigenvalue weighted by Gasteiger charge is 2.29. The van der Waals surface area contributed by atoms with Crippen LogP contribution in [-0.2, 0) is 10.0 Å². The molecule has 1 aliphatic carbocycles. The standard InChI is InChI=1S/C19H28N4O2S.HI/c1-20-19(22-17-7-5-6-8-17)21-15-16-11-13-23(14-12-16)26(24,25)18-9-3-2-4-10-18;/h2-6,9-10,16-17H,7-8,11-15H2,1H3,(H2,20,21,22);1H. The molecule has 3 rings (SSSR count). The summed E-state index contributed by atoms with van der Waals surface area (Å²) in [4.78, 5) is 4.67. The van der Waals surface area contributed by atoms with Gasteiger partial charge in [-0.05, 0) is 43.7 Å². The molecule has 0 saturated carbocycles. The molecule has 2 N–H and O–H groups in total. The SMILES string of the molecule is CN=C(NCC1CCN(S(=O)(=O)c2ccccc2)CC1)NC1CC=CC1.I. The van der Waals surface area contributed by atoms with Crippen LogP contribution in [0.15, 0.2) is 52.4 Å². The van der Waals surface area contributed by atoms with Crippen LogP contribution in [0.4, 0.5) is 0 Å². The second-order valence-corrected chi connectivity index (χ2v) is 8.84. The molecule has 0 bridgehead atoms. The lowest BCUT2D eigenvalue weighted by Gasteiger charge is -2.31. The van der Waals surface area contributed by atoms with Gasteiger partial charge in [0.05, 0.1) is 4.90 Å². The van der Waals surface area contributed by atoms with Gasteiger partial charge < -0.3 is 10.6 Å². The third-order valence-electron chi connectivity index (χ3n) is 5.08. The van der Waals surface area contributed by atoms with Crippen molar-refractivity contribution in [2.45, 2.75) is 36.6 Å². The van der Waals surface area contributed by atoms with Gasteiger partial charge in [-0.3, -0.25) is 4.99 Å². The van der Waals surface area contributed by atoms with Gasteiger partial charge in [0.2, 0.25) is 10.0 Å². The quantitative estimate of drug-likeness (QED) is 0.280. The summed E-state index contributed by atoms with van der Waals surface area (Å²) in [7, 11) is -1.58. The molecule has 0 aromatic heterocycles. The molecule has 0 unspecified atom stereocenters. The van der Waals surface area contributed by atoms with E-state index in [2.05, 4.69) is 27.8 Å². The summed E-state index contributed by atoms with van der Waals surface area (Å²) in [6, 6.07) is 9.12. The smallest absolute Gasteiger partial charge is 0.243 e. The summed E-state index contributed by atoms with van der Waals surface area (Å²) >= 11 is 0. The molecule has 1 fully saturated rings. The largest absolute Gasteiger partial charge is 0.356 e. The van der Waals surface area contributed by atoms with Gasteiger partial charge in [0, 0.05) is 32.7 Å². The summed E-state index contributed by atoms with van der Waals surface area (Å²) in [5.74, 6) is 1.29. The fourth-order valence-corrected chi connectivity index (χ4v) is 4.95. The van der Waals surface area contributed by atoms with Crippen LogP contribution in [0.25, 0.3) is 0 Å². The van der Waals surface area contributed by atoms with E-state index in [9.17, 15) is 8.42 Å². The lowest BCUT2D eigenvalue weighted by molar-refractivity contribution is 0.273. The van der Waals surface area contributed by atoms with Gasteiger partial charge in [-0.2, -0.15) is 4.31 Å². The Morgan fingerprint density at radius 2 is 1.78 bits per heavy atom. The van der Waals surface area contributed by atoms with E-state index >= 15 is 0 Å². The Morgan fingerprint density at radius 3 is 2.37 bits per heavy atom. The third kappa shape index (κ3) is 5.92. The number of benzene rings is 1. The van der Waals surface area contributed by atoms with Crippen LogP contribution in [-0.4, -0.2) is 51.4 Å². The molecule has 1 aliphatic heterocycles. The van der Waals surface area contributed by atoms with E-state index in [4.69, 9.17) is 0 Å². The van der Waals surface area contributed by atoms with Gasteiger partial charge in [0.1, 0.15) is 0 Å². The first-order chi connectivity index (χ1) is 12.6. The Bertz CT molecular complexity index is 736. The zero-order valence-corrected chi connectivity index (χ0v) is 18.8. The second kappa shape index (κ2) is 10.4. The summed E-state index contributed by atoms with van der Waals surface area (Å²) < 4.78 is 27.0. The van der Waals surface area contributed by atoms with Gasteiger partial charge in [-0.1, -0.05) is 30.4 Å². The third-order valence-corrected chi connectivity index (χ3v) is 7.00. The molecule has 0 atom stereocenters. The zero-order chi connectivity index (χ0) is 18.4. The number of halogens is 1. The Kier molecular flexibility index (Phi) is 8.56. The van der Waals surface area contributed by atoms with E-state index in [1.807, 2.05) is 6.07 Å². The molecule has 1 saturated heterocycles. The lowest BCUT2D eigenvalue weighted by Crippen LogP contribution is -2.46. The normalized spacial score (nSPS) is 19.7. The fourth-order valence-electron chi connectivity index (χ4n) is 3.46. The minimum Gasteiger partial charge on any atom is -0.356 e. The highest BCUT2D eigenvalue weighted by atomic mass is 127. The van der Waals surface area contributed by atoms with Crippen molar-refractivity contribution in [3.8, 4) is 0 Å². The van der Waals surface area contributed by atoms with E-state index in [0.717, 1.165) is 38.2 Å². The highest BCUT2D eigenvalue weighted by Crippen LogP contribution is 2.23. The van der Waals surface area contributed by atoms with Crippen molar-refractivity contribution in [2.24, 2.45) is 10.9 Å². The highest BCUT2D eigenvalue weighted by molar-refractivity contribution is 14.0. The number of guanidine groups is 1. The summed E-state index contributed by atoms with van der Waals surface area (Å²) in [5.41, 5.74) is 0. The predicted octanol–water partition coefficient (Wildman–Crippen LogP) is 2.59.